The summed E-state index contributed by atoms with van der Waals surface area (Å²) in [6.07, 6.45) is 0.372. The van der Waals surface area contributed by atoms with Gasteiger partial charge in [-0.25, -0.2) is 4.39 Å². The molecule has 204 valence electrons. The van der Waals surface area contributed by atoms with Gasteiger partial charge < -0.3 is 9.84 Å². The molecule has 3 aromatic carbocycles. The molecule has 0 aromatic heterocycles. The zero-order valence-electron chi connectivity index (χ0n) is 21.6. The summed E-state index contributed by atoms with van der Waals surface area (Å²) in [5.41, 5.74) is 3.47. The van der Waals surface area contributed by atoms with Crippen molar-refractivity contribution in [2.75, 3.05) is 13.2 Å². The van der Waals surface area contributed by atoms with Crippen LogP contribution in [0.15, 0.2) is 66.7 Å². The minimum atomic E-state index is -0.936. The fourth-order valence-electron chi connectivity index (χ4n) is 4.73. The van der Waals surface area contributed by atoms with Gasteiger partial charge in [-0.3, -0.25) is 24.2 Å². The number of aryl methyl sites for hydroxylation is 1. The Kier molecular flexibility index (Phi) is 9.32. The van der Waals surface area contributed by atoms with Crippen molar-refractivity contribution in [3.63, 3.8) is 0 Å². The van der Waals surface area contributed by atoms with Crippen molar-refractivity contribution in [1.82, 2.24) is 9.80 Å². The van der Waals surface area contributed by atoms with Gasteiger partial charge in [0.2, 0.25) is 11.8 Å². The molecule has 7 nitrogen and oxygen atoms in total. The van der Waals surface area contributed by atoms with Gasteiger partial charge in [0.1, 0.15) is 18.2 Å². The van der Waals surface area contributed by atoms with Crippen LogP contribution in [-0.4, -0.2) is 45.8 Å². The highest BCUT2D eigenvalue weighted by Gasteiger charge is 2.28. The van der Waals surface area contributed by atoms with Crippen LogP contribution in [0.2, 0.25) is 5.02 Å². The first-order chi connectivity index (χ1) is 18.7. The van der Waals surface area contributed by atoms with Crippen molar-refractivity contribution < 1.29 is 28.6 Å². The second-order valence-electron chi connectivity index (χ2n) is 9.58. The molecule has 3 aromatic rings. The molecule has 39 heavy (non-hydrogen) atoms. The molecule has 1 aliphatic heterocycles. The number of aliphatic carboxylic acids is 1. The first-order valence-corrected chi connectivity index (χ1v) is 13.1. The van der Waals surface area contributed by atoms with Crippen LogP contribution in [0.3, 0.4) is 0 Å². The SMILES string of the molecule is Cc1cc(CN(Cc2ccc(F)cc2)C(CC(=O)O)c2ccc(Cl)cc2)ccc1OCCN1C(=O)CCC1=O. The van der Waals surface area contributed by atoms with E-state index in [1.807, 2.05) is 42.2 Å². The van der Waals surface area contributed by atoms with E-state index >= 15 is 0 Å². The second-order valence-corrected chi connectivity index (χ2v) is 10.0. The number of nitrogens with zero attached hydrogens (tertiary/aromatic N) is 2. The van der Waals surface area contributed by atoms with E-state index in [-0.39, 0.29) is 50.0 Å². The number of carboxylic acids is 1. The van der Waals surface area contributed by atoms with Crippen LogP contribution >= 0.6 is 11.6 Å². The molecule has 1 heterocycles. The average Bonchev–Trinajstić information content (AvgIpc) is 3.22. The highest BCUT2D eigenvalue weighted by atomic mass is 35.5. The average molecular weight is 553 g/mol. The Labute approximate surface area is 231 Å². The van der Waals surface area contributed by atoms with Gasteiger partial charge in [-0.1, -0.05) is 48.0 Å². The highest BCUT2D eigenvalue weighted by Crippen LogP contribution is 2.30. The first-order valence-electron chi connectivity index (χ1n) is 12.7. The van der Waals surface area contributed by atoms with Crippen LogP contribution in [0.25, 0.3) is 0 Å². The molecule has 2 amide bonds. The number of hydrogen-bond acceptors (Lipinski definition) is 5. The van der Waals surface area contributed by atoms with Gasteiger partial charge in [-0.15, -0.1) is 0 Å². The molecule has 0 saturated carbocycles. The lowest BCUT2D eigenvalue weighted by Gasteiger charge is -2.32. The molecule has 1 fully saturated rings. The quantitative estimate of drug-likeness (QED) is 0.297. The summed E-state index contributed by atoms with van der Waals surface area (Å²) >= 11 is 6.08. The summed E-state index contributed by atoms with van der Waals surface area (Å²) in [4.78, 5) is 38.8. The molecule has 1 unspecified atom stereocenters. The standard InChI is InChI=1S/C30H30ClFN2O5/c1-20-16-22(4-11-27(20)39-15-14-34-28(35)12-13-29(34)36)19-33(18-21-2-9-25(32)10-3-21)26(17-30(37)38)23-5-7-24(31)8-6-23/h2-11,16,26H,12-15,17-19H2,1H3,(H,37,38). The normalized spacial score (nSPS) is 14.2. The number of carbonyl (C=O) groups is 3. The molecular formula is C30H30ClFN2O5. The Balaban J connectivity index is 1.53. The van der Waals surface area contributed by atoms with Gasteiger partial charge in [0.15, 0.2) is 0 Å². The molecule has 0 aliphatic carbocycles. The number of halogens is 2. The molecule has 9 heteroatoms. The number of imide groups is 1. The minimum absolute atomic E-state index is 0.128. The minimum Gasteiger partial charge on any atom is -0.491 e. The lowest BCUT2D eigenvalue weighted by molar-refractivity contribution is -0.140. The Morgan fingerprint density at radius 3 is 2.23 bits per heavy atom. The molecule has 0 bridgehead atoms. The number of benzene rings is 3. The van der Waals surface area contributed by atoms with Crippen molar-refractivity contribution in [1.29, 1.82) is 0 Å². The van der Waals surface area contributed by atoms with E-state index in [2.05, 4.69) is 0 Å². The van der Waals surface area contributed by atoms with E-state index < -0.39 is 12.0 Å². The number of amides is 2. The van der Waals surface area contributed by atoms with E-state index in [0.29, 0.717) is 23.9 Å². The van der Waals surface area contributed by atoms with Crippen LogP contribution in [0, 0.1) is 12.7 Å². The van der Waals surface area contributed by atoms with Crippen molar-refractivity contribution in [3.8, 4) is 5.75 Å². The van der Waals surface area contributed by atoms with Gasteiger partial charge in [0.25, 0.3) is 0 Å². The smallest absolute Gasteiger partial charge is 0.305 e. The van der Waals surface area contributed by atoms with Crippen LogP contribution in [0.1, 0.15) is 47.6 Å². The maximum absolute atomic E-state index is 13.5. The highest BCUT2D eigenvalue weighted by molar-refractivity contribution is 6.30. The van der Waals surface area contributed by atoms with Crippen LogP contribution in [0.4, 0.5) is 4.39 Å². The van der Waals surface area contributed by atoms with E-state index in [1.165, 1.54) is 17.0 Å². The van der Waals surface area contributed by atoms with Crippen LogP contribution in [0.5, 0.6) is 5.75 Å². The number of rotatable bonds is 12. The van der Waals surface area contributed by atoms with Crippen molar-refractivity contribution in [2.45, 2.75) is 45.3 Å². The van der Waals surface area contributed by atoms with Gasteiger partial charge in [-0.05, 0) is 59.5 Å². The number of carbonyl (C=O) groups excluding carboxylic acids is 2. The molecule has 1 saturated heterocycles. The van der Waals surface area contributed by atoms with Gasteiger partial charge >= 0.3 is 5.97 Å². The lowest BCUT2D eigenvalue weighted by Crippen LogP contribution is -2.33. The van der Waals surface area contributed by atoms with Gasteiger partial charge in [0, 0.05) is 37.0 Å². The molecule has 1 aliphatic rings. The third kappa shape index (κ3) is 7.65. The number of carboxylic acid groups (broad SMARTS) is 1. The monoisotopic (exact) mass is 552 g/mol. The van der Waals surface area contributed by atoms with Crippen molar-refractivity contribution >= 4 is 29.4 Å². The zero-order valence-corrected chi connectivity index (χ0v) is 22.4. The molecule has 0 radical (unpaired) electrons. The third-order valence-electron chi connectivity index (χ3n) is 6.71. The maximum atomic E-state index is 13.5. The third-order valence-corrected chi connectivity index (χ3v) is 6.97. The fraction of sp³-hybridized carbons (Fsp3) is 0.300. The Morgan fingerprint density at radius 2 is 1.62 bits per heavy atom. The number of likely N-dealkylation sites (tertiary alicyclic amines) is 1. The molecule has 1 atom stereocenters. The summed E-state index contributed by atoms with van der Waals surface area (Å²) in [6, 6.07) is 18.5. The van der Waals surface area contributed by atoms with Crippen molar-refractivity contribution in [3.05, 3.63) is 99.8 Å². The van der Waals surface area contributed by atoms with Gasteiger partial charge in [0.05, 0.1) is 13.0 Å². The summed E-state index contributed by atoms with van der Waals surface area (Å²) in [6.45, 7) is 3.14. The topological polar surface area (TPSA) is 87.2 Å². The van der Waals surface area contributed by atoms with Crippen LogP contribution in [-0.2, 0) is 27.5 Å². The predicted molar refractivity (Wildman–Crippen MR) is 145 cm³/mol. The largest absolute Gasteiger partial charge is 0.491 e. The summed E-state index contributed by atoms with van der Waals surface area (Å²) in [5, 5.41) is 10.3. The number of ether oxygens (including phenoxy) is 1. The molecular weight excluding hydrogens is 523 g/mol. The number of hydrogen-bond donors (Lipinski definition) is 1. The summed E-state index contributed by atoms with van der Waals surface area (Å²) < 4.78 is 19.4. The van der Waals surface area contributed by atoms with Crippen molar-refractivity contribution in [2.24, 2.45) is 0 Å². The second kappa shape index (κ2) is 12.9. The summed E-state index contributed by atoms with van der Waals surface area (Å²) in [7, 11) is 0. The molecule has 4 rings (SSSR count). The maximum Gasteiger partial charge on any atom is 0.305 e. The molecule has 0 spiro atoms. The first kappa shape index (κ1) is 28.3. The Bertz CT molecular complexity index is 1310. The summed E-state index contributed by atoms with van der Waals surface area (Å²) in [5.74, 6) is -0.978. The lowest BCUT2D eigenvalue weighted by atomic mass is 9.99. The van der Waals surface area contributed by atoms with E-state index in [4.69, 9.17) is 16.3 Å². The fourth-order valence-corrected chi connectivity index (χ4v) is 4.86. The van der Waals surface area contributed by atoms with E-state index in [1.54, 1.807) is 24.3 Å². The van der Waals surface area contributed by atoms with Crippen LogP contribution < -0.4 is 4.74 Å². The van der Waals surface area contributed by atoms with Gasteiger partial charge in [-0.2, -0.15) is 0 Å². The Morgan fingerprint density at radius 1 is 1.00 bits per heavy atom. The van der Waals surface area contributed by atoms with E-state index in [0.717, 1.165) is 22.3 Å². The zero-order chi connectivity index (χ0) is 27.9. The molecule has 1 N–H and O–H groups in total. The predicted octanol–water partition coefficient (Wildman–Crippen LogP) is 5.53. The Hall–Kier alpha value is -3.75. The van der Waals surface area contributed by atoms with E-state index in [9.17, 15) is 23.9 Å².